The summed E-state index contributed by atoms with van der Waals surface area (Å²) in [5, 5.41) is 4.04. The highest BCUT2D eigenvalue weighted by Gasteiger charge is 2.29. The number of carbonyl (C=O) groups is 1. The molecule has 0 aliphatic carbocycles. The van der Waals surface area contributed by atoms with Crippen LogP contribution >= 0.6 is 15.9 Å². The number of likely N-dealkylation sites (N-methyl/N-ethyl adjacent to an activating group) is 2. The highest BCUT2D eigenvalue weighted by atomic mass is 79.9. The molecule has 3 aromatic rings. The molecule has 1 saturated heterocycles. The van der Waals surface area contributed by atoms with Gasteiger partial charge in [-0.25, -0.2) is 4.98 Å². The van der Waals surface area contributed by atoms with E-state index in [0.717, 1.165) is 39.7 Å². The summed E-state index contributed by atoms with van der Waals surface area (Å²) in [6.07, 6.45) is 4.01. The third-order valence-electron chi connectivity index (χ3n) is 6.62. The van der Waals surface area contributed by atoms with E-state index in [1.165, 1.54) is 5.56 Å². The lowest BCUT2D eigenvalue weighted by Gasteiger charge is -2.43. The molecule has 1 aliphatic heterocycles. The number of pyridine rings is 1. The first-order chi connectivity index (χ1) is 15.8. The van der Waals surface area contributed by atoms with Crippen molar-refractivity contribution in [3.63, 3.8) is 0 Å². The van der Waals surface area contributed by atoms with E-state index in [4.69, 9.17) is 4.98 Å². The maximum absolute atomic E-state index is 13.4. The quantitative estimate of drug-likeness (QED) is 0.537. The molecular formula is C27H31BrN4O. The molecular weight excluding hydrogens is 476 g/mol. The van der Waals surface area contributed by atoms with Gasteiger partial charge in [0.05, 0.1) is 16.8 Å². The molecule has 5 nitrogen and oxygen atoms in total. The minimum atomic E-state index is -0.0699. The average molecular weight is 507 g/mol. The van der Waals surface area contributed by atoms with Crippen molar-refractivity contribution in [3.05, 3.63) is 75.4 Å². The van der Waals surface area contributed by atoms with Crippen molar-refractivity contribution in [2.75, 3.05) is 33.7 Å². The number of benzene rings is 2. The Hall–Kier alpha value is -2.54. The Balaban J connectivity index is 1.62. The topological polar surface area (TPSA) is 48.5 Å². The Labute approximate surface area is 204 Å². The molecule has 1 aromatic heterocycles. The lowest BCUT2D eigenvalue weighted by atomic mass is 10.0. The van der Waals surface area contributed by atoms with E-state index in [0.29, 0.717) is 18.2 Å². The summed E-state index contributed by atoms with van der Waals surface area (Å²) < 4.78 is 0.927. The molecule has 0 spiro atoms. The van der Waals surface area contributed by atoms with Gasteiger partial charge in [-0.2, -0.15) is 0 Å². The number of hydrogen-bond acceptors (Lipinski definition) is 4. The van der Waals surface area contributed by atoms with Crippen LogP contribution in [0.4, 0.5) is 0 Å². The van der Waals surface area contributed by atoms with Crippen molar-refractivity contribution in [2.45, 2.75) is 25.9 Å². The first kappa shape index (κ1) is 23.6. The maximum atomic E-state index is 13.4. The van der Waals surface area contributed by atoms with Gasteiger partial charge in [-0.3, -0.25) is 9.69 Å². The van der Waals surface area contributed by atoms with Crippen LogP contribution in [0.25, 0.3) is 23.1 Å². The van der Waals surface area contributed by atoms with Crippen LogP contribution in [-0.2, 0) is 0 Å². The van der Waals surface area contributed by atoms with E-state index < -0.39 is 0 Å². The van der Waals surface area contributed by atoms with E-state index in [9.17, 15) is 4.79 Å². The van der Waals surface area contributed by atoms with E-state index in [2.05, 4.69) is 77.2 Å². The van der Waals surface area contributed by atoms with Gasteiger partial charge >= 0.3 is 0 Å². The number of rotatable bonds is 5. The summed E-state index contributed by atoms with van der Waals surface area (Å²) in [5.41, 5.74) is 4.53. The molecule has 2 aromatic carbocycles. The molecule has 2 unspecified atom stereocenters. The lowest BCUT2D eigenvalue weighted by molar-refractivity contribution is 0.0593. The number of nitrogens with one attached hydrogen (secondary N) is 1. The first-order valence-corrected chi connectivity index (χ1v) is 12.1. The number of aryl methyl sites for hydroxylation is 1. The summed E-state index contributed by atoms with van der Waals surface area (Å²) >= 11 is 3.54. The molecule has 1 aliphatic rings. The number of halogens is 1. The van der Waals surface area contributed by atoms with Gasteiger partial charge in [0.2, 0.25) is 0 Å². The molecule has 0 radical (unpaired) electrons. The number of hydrogen-bond donors (Lipinski definition) is 1. The molecule has 1 fully saturated rings. The number of nitrogens with zero attached hydrogens (tertiary/aromatic N) is 3. The third-order valence-corrected chi connectivity index (χ3v) is 7.11. The fourth-order valence-corrected chi connectivity index (χ4v) is 4.77. The second kappa shape index (κ2) is 10.2. The number of aromatic nitrogens is 1. The maximum Gasteiger partial charge on any atom is 0.252 e. The van der Waals surface area contributed by atoms with Crippen molar-refractivity contribution in [3.8, 4) is 0 Å². The number of piperazine rings is 1. The molecule has 4 rings (SSSR count). The average Bonchev–Trinajstić information content (AvgIpc) is 2.79. The Bertz CT molecular complexity index is 1190. The van der Waals surface area contributed by atoms with Crippen molar-refractivity contribution in [2.24, 2.45) is 0 Å². The zero-order valence-electron chi connectivity index (χ0n) is 19.7. The van der Waals surface area contributed by atoms with Crippen LogP contribution in [0.3, 0.4) is 0 Å². The summed E-state index contributed by atoms with van der Waals surface area (Å²) in [5.74, 6) is -0.0699. The summed E-state index contributed by atoms with van der Waals surface area (Å²) in [4.78, 5) is 22.8. The van der Waals surface area contributed by atoms with Crippen molar-refractivity contribution >= 4 is 44.9 Å². The summed E-state index contributed by atoms with van der Waals surface area (Å²) in [6.45, 7) is 6.95. The molecule has 33 heavy (non-hydrogen) atoms. The normalized spacial score (nSPS) is 19.9. The molecule has 0 bridgehead atoms. The second-order valence-corrected chi connectivity index (χ2v) is 9.90. The number of amides is 1. The van der Waals surface area contributed by atoms with Crippen molar-refractivity contribution in [1.82, 2.24) is 20.1 Å². The highest BCUT2D eigenvalue weighted by molar-refractivity contribution is 9.10. The molecule has 172 valence electrons. The lowest BCUT2D eigenvalue weighted by Crippen LogP contribution is -2.59. The minimum Gasteiger partial charge on any atom is -0.350 e. The Kier molecular flexibility index (Phi) is 7.27. The zero-order chi connectivity index (χ0) is 23.5. The SMILES string of the molecule is Cc1cccc(/C=C/c2cc(C(=O)NCC3C(C)N(C)CCN3C)c3cc(Br)ccc3n2)c1. The van der Waals surface area contributed by atoms with E-state index in [1.54, 1.807) is 0 Å². The van der Waals surface area contributed by atoms with Gasteiger partial charge in [0, 0.05) is 41.6 Å². The van der Waals surface area contributed by atoms with E-state index in [-0.39, 0.29) is 11.9 Å². The Morgan fingerprint density at radius 3 is 2.70 bits per heavy atom. The summed E-state index contributed by atoms with van der Waals surface area (Å²) in [7, 11) is 4.28. The van der Waals surface area contributed by atoms with E-state index >= 15 is 0 Å². The predicted molar refractivity (Wildman–Crippen MR) is 140 cm³/mol. The fraction of sp³-hybridized carbons (Fsp3) is 0.333. The molecule has 1 amide bonds. The third kappa shape index (κ3) is 5.52. The monoisotopic (exact) mass is 506 g/mol. The fourth-order valence-electron chi connectivity index (χ4n) is 4.41. The van der Waals surface area contributed by atoms with Crippen LogP contribution in [0.2, 0.25) is 0 Å². The molecule has 2 heterocycles. The Morgan fingerprint density at radius 1 is 1.12 bits per heavy atom. The van der Waals surface area contributed by atoms with Crippen molar-refractivity contribution in [1.29, 1.82) is 0 Å². The van der Waals surface area contributed by atoms with Gasteiger partial charge in [-0.15, -0.1) is 0 Å². The van der Waals surface area contributed by atoms with Crippen LogP contribution in [0, 0.1) is 6.92 Å². The van der Waals surface area contributed by atoms with Gasteiger partial charge in [0.25, 0.3) is 5.91 Å². The molecule has 0 saturated carbocycles. The second-order valence-electron chi connectivity index (χ2n) is 8.98. The zero-order valence-corrected chi connectivity index (χ0v) is 21.3. The number of fused-ring (bicyclic) bond motifs is 1. The molecule has 2 atom stereocenters. The Morgan fingerprint density at radius 2 is 1.91 bits per heavy atom. The minimum absolute atomic E-state index is 0.0699. The first-order valence-electron chi connectivity index (χ1n) is 11.4. The van der Waals surface area contributed by atoms with Crippen LogP contribution in [0.1, 0.15) is 34.1 Å². The largest absolute Gasteiger partial charge is 0.350 e. The number of carbonyl (C=O) groups excluding carboxylic acids is 1. The predicted octanol–water partition coefficient (Wildman–Crippen LogP) is 4.84. The van der Waals surface area contributed by atoms with Gasteiger partial charge in [0.1, 0.15) is 0 Å². The molecule has 1 N–H and O–H groups in total. The smallest absolute Gasteiger partial charge is 0.252 e. The molecule has 6 heteroatoms. The van der Waals surface area contributed by atoms with Gasteiger partial charge < -0.3 is 10.2 Å². The van der Waals surface area contributed by atoms with Crippen LogP contribution in [-0.4, -0.2) is 66.5 Å². The standard InChI is InChI=1S/C27H31BrN4O/c1-18-6-5-7-20(14-18)8-10-22-16-24(23-15-21(28)9-11-25(23)30-22)27(33)29-17-26-19(2)31(3)12-13-32(26)4/h5-11,14-16,19,26H,12-13,17H2,1-4H3,(H,29,33)/b10-8+. The van der Waals surface area contributed by atoms with Crippen LogP contribution in [0.5, 0.6) is 0 Å². The van der Waals surface area contributed by atoms with Crippen LogP contribution < -0.4 is 5.32 Å². The van der Waals surface area contributed by atoms with Crippen molar-refractivity contribution < 1.29 is 4.79 Å². The highest BCUT2D eigenvalue weighted by Crippen LogP contribution is 2.24. The van der Waals surface area contributed by atoms with E-state index in [1.807, 2.05) is 42.5 Å². The van der Waals surface area contributed by atoms with Gasteiger partial charge in [0.15, 0.2) is 0 Å². The van der Waals surface area contributed by atoms with Gasteiger partial charge in [-0.1, -0.05) is 51.8 Å². The van der Waals surface area contributed by atoms with Crippen LogP contribution in [0.15, 0.2) is 53.0 Å². The summed E-state index contributed by atoms with van der Waals surface area (Å²) in [6, 6.07) is 16.7. The van der Waals surface area contributed by atoms with Gasteiger partial charge in [-0.05, 0) is 63.8 Å².